The van der Waals surface area contributed by atoms with Gasteiger partial charge in [-0.25, -0.2) is 13.1 Å². The predicted octanol–water partition coefficient (Wildman–Crippen LogP) is 1.10. The van der Waals surface area contributed by atoms with Crippen LogP contribution >= 0.6 is 12.4 Å². The molecule has 1 amide bonds. The van der Waals surface area contributed by atoms with E-state index in [9.17, 15) is 13.2 Å². The van der Waals surface area contributed by atoms with Gasteiger partial charge in [0.15, 0.2) is 0 Å². The summed E-state index contributed by atoms with van der Waals surface area (Å²) >= 11 is 0. The first-order valence-corrected chi connectivity index (χ1v) is 9.99. The first-order valence-electron chi connectivity index (χ1n) is 8.50. The highest BCUT2D eigenvalue weighted by Gasteiger charge is 2.24. The maximum atomic E-state index is 12.6. The standard InChI is InChI=1S/C17H27N3O4S.ClH/c1-18-12-14-4-3-10-20(13-14)17(21)15-5-7-16(8-6-15)25(22,23)19-9-11-24-2;/h5-8,14,18-19H,3-4,9-13H2,1-2H3;1H. The number of piperidine rings is 1. The molecule has 26 heavy (non-hydrogen) atoms. The SMILES string of the molecule is CNCC1CCCN(C(=O)c2ccc(S(=O)(=O)NCCOC)cc2)C1.Cl. The molecule has 2 rings (SSSR count). The number of ether oxygens (including phenoxy) is 1. The van der Waals surface area contributed by atoms with Crippen molar-refractivity contribution >= 4 is 28.3 Å². The number of benzene rings is 1. The van der Waals surface area contributed by atoms with Crippen molar-refractivity contribution in [3.8, 4) is 0 Å². The Morgan fingerprint density at radius 1 is 1.31 bits per heavy atom. The van der Waals surface area contributed by atoms with Crippen LogP contribution in [0.1, 0.15) is 23.2 Å². The molecule has 0 aromatic heterocycles. The lowest BCUT2D eigenvalue weighted by atomic mass is 9.97. The average molecular weight is 406 g/mol. The minimum atomic E-state index is -3.58. The predicted molar refractivity (Wildman–Crippen MR) is 103 cm³/mol. The lowest BCUT2D eigenvalue weighted by Crippen LogP contribution is -2.42. The average Bonchev–Trinajstić information content (AvgIpc) is 2.62. The summed E-state index contributed by atoms with van der Waals surface area (Å²) in [4.78, 5) is 14.6. The fraction of sp³-hybridized carbons (Fsp3) is 0.588. The molecule has 1 aromatic carbocycles. The van der Waals surface area contributed by atoms with Gasteiger partial charge < -0.3 is 15.0 Å². The summed E-state index contributed by atoms with van der Waals surface area (Å²) in [5, 5.41) is 3.16. The van der Waals surface area contributed by atoms with E-state index in [-0.39, 0.29) is 29.8 Å². The number of rotatable bonds is 8. The molecule has 1 aliphatic heterocycles. The third kappa shape index (κ3) is 6.21. The molecule has 148 valence electrons. The Morgan fingerprint density at radius 2 is 2.00 bits per heavy atom. The van der Waals surface area contributed by atoms with E-state index in [2.05, 4.69) is 10.0 Å². The Labute approximate surface area is 161 Å². The van der Waals surface area contributed by atoms with E-state index in [1.807, 2.05) is 11.9 Å². The number of hydrogen-bond donors (Lipinski definition) is 2. The van der Waals surface area contributed by atoms with Gasteiger partial charge in [-0.05, 0) is 56.6 Å². The Morgan fingerprint density at radius 3 is 2.62 bits per heavy atom. The minimum Gasteiger partial charge on any atom is -0.383 e. The van der Waals surface area contributed by atoms with Gasteiger partial charge >= 0.3 is 0 Å². The minimum absolute atomic E-state index is 0. The molecular weight excluding hydrogens is 378 g/mol. The highest BCUT2D eigenvalue weighted by Crippen LogP contribution is 2.19. The van der Waals surface area contributed by atoms with Crippen LogP contribution in [0, 0.1) is 5.92 Å². The Hall–Kier alpha value is -1.19. The zero-order valence-electron chi connectivity index (χ0n) is 15.2. The third-order valence-corrected chi connectivity index (χ3v) is 5.79. The maximum absolute atomic E-state index is 12.6. The number of halogens is 1. The molecular formula is C17H28ClN3O4S. The second-order valence-corrected chi connectivity index (χ2v) is 8.00. The summed E-state index contributed by atoms with van der Waals surface area (Å²) in [5.41, 5.74) is 0.515. The van der Waals surface area contributed by atoms with Crippen LogP contribution in [0.25, 0.3) is 0 Å². The van der Waals surface area contributed by atoms with E-state index in [4.69, 9.17) is 4.74 Å². The topological polar surface area (TPSA) is 87.7 Å². The molecule has 1 aromatic rings. The van der Waals surface area contributed by atoms with Crippen LogP contribution in [0.4, 0.5) is 0 Å². The van der Waals surface area contributed by atoms with Crippen molar-refractivity contribution in [1.29, 1.82) is 0 Å². The van der Waals surface area contributed by atoms with Crippen molar-refractivity contribution in [3.05, 3.63) is 29.8 Å². The van der Waals surface area contributed by atoms with E-state index in [0.717, 1.165) is 32.5 Å². The van der Waals surface area contributed by atoms with Crippen LogP contribution < -0.4 is 10.0 Å². The molecule has 1 saturated heterocycles. The molecule has 9 heteroatoms. The number of nitrogens with one attached hydrogen (secondary N) is 2. The summed E-state index contributed by atoms with van der Waals surface area (Å²) in [6.07, 6.45) is 2.11. The number of methoxy groups -OCH3 is 1. The second-order valence-electron chi connectivity index (χ2n) is 6.23. The van der Waals surface area contributed by atoms with E-state index in [0.29, 0.717) is 18.1 Å². The number of hydrogen-bond acceptors (Lipinski definition) is 5. The number of carbonyl (C=O) groups is 1. The van der Waals surface area contributed by atoms with Crippen LogP contribution in [0.5, 0.6) is 0 Å². The van der Waals surface area contributed by atoms with Gasteiger partial charge in [-0.1, -0.05) is 0 Å². The van der Waals surface area contributed by atoms with Gasteiger partial charge in [0.25, 0.3) is 5.91 Å². The van der Waals surface area contributed by atoms with Crippen LogP contribution in [-0.4, -0.2) is 66.2 Å². The van der Waals surface area contributed by atoms with Gasteiger partial charge in [0.05, 0.1) is 11.5 Å². The fourth-order valence-electron chi connectivity index (χ4n) is 3.03. The van der Waals surface area contributed by atoms with Crippen molar-refractivity contribution < 1.29 is 17.9 Å². The number of sulfonamides is 1. The molecule has 0 radical (unpaired) electrons. The largest absolute Gasteiger partial charge is 0.383 e. The highest BCUT2D eigenvalue weighted by molar-refractivity contribution is 7.89. The maximum Gasteiger partial charge on any atom is 0.253 e. The number of carbonyl (C=O) groups excluding carboxylic acids is 1. The summed E-state index contributed by atoms with van der Waals surface area (Å²) < 4.78 is 31.6. The first-order chi connectivity index (χ1) is 12.0. The zero-order chi connectivity index (χ0) is 18.3. The van der Waals surface area contributed by atoms with Crippen molar-refractivity contribution in [1.82, 2.24) is 14.9 Å². The first kappa shape index (κ1) is 22.9. The molecule has 0 saturated carbocycles. The number of likely N-dealkylation sites (tertiary alicyclic amines) is 1. The van der Waals surface area contributed by atoms with Crippen LogP contribution in [0.3, 0.4) is 0 Å². The molecule has 0 aliphatic carbocycles. The zero-order valence-corrected chi connectivity index (χ0v) is 16.9. The number of nitrogens with zero attached hydrogens (tertiary/aromatic N) is 1. The summed E-state index contributed by atoms with van der Waals surface area (Å²) in [7, 11) is -0.152. The van der Waals surface area contributed by atoms with E-state index in [1.165, 1.54) is 19.2 Å². The summed E-state index contributed by atoms with van der Waals surface area (Å²) in [6.45, 7) is 2.89. The van der Waals surface area contributed by atoms with Crippen molar-refractivity contribution in [2.24, 2.45) is 5.92 Å². The summed E-state index contributed by atoms with van der Waals surface area (Å²) in [6, 6.07) is 6.10. The quantitative estimate of drug-likeness (QED) is 0.632. The van der Waals surface area contributed by atoms with Crippen molar-refractivity contribution in [2.45, 2.75) is 17.7 Å². The van der Waals surface area contributed by atoms with Crippen molar-refractivity contribution in [2.75, 3.05) is 46.9 Å². The second kappa shape index (κ2) is 10.8. The van der Waals surface area contributed by atoms with Gasteiger partial charge in [0.2, 0.25) is 10.0 Å². The van der Waals surface area contributed by atoms with E-state index < -0.39 is 10.0 Å². The van der Waals surface area contributed by atoms with Crippen LogP contribution in [0.2, 0.25) is 0 Å². The van der Waals surface area contributed by atoms with Gasteiger partial charge in [0, 0.05) is 32.3 Å². The van der Waals surface area contributed by atoms with Crippen LogP contribution in [-0.2, 0) is 14.8 Å². The van der Waals surface area contributed by atoms with Gasteiger partial charge in [-0.3, -0.25) is 4.79 Å². The van der Waals surface area contributed by atoms with E-state index >= 15 is 0 Å². The number of amides is 1. The van der Waals surface area contributed by atoms with E-state index in [1.54, 1.807) is 12.1 Å². The highest BCUT2D eigenvalue weighted by atomic mass is 35.5. The molecule has 1 atom stereocenters. The molecule has 1 fully saturated rings. The molecule has 7 nitrogen and oxygen atoms in total. The molecule has 0 spiro atoms. The van der Waals surface area contributed by atoms with Crippen LogP contribution in [0.15, 0.2) is 29.2 Å². The normalized spacial score (nSPS) is 17.6. The molecule has 2 N–H and O–H groups in total. The lowest BCUT2D eigenvalue weighted by molar-refractivity contribution is 0.0674. The smallest absolute Gasteiger partial charge is 0.253 e. The summed E-state index contributed by atoms with van der Waals surface area (Å²) in [5.74, 6) is 0.421. The molecule has 1 aliphatic rings. The third-order valence-electron chi connectivity index (χ3n) is 4.31. The van der Waals surface area contributed by atoms with Gasteiger partial charge in [0.1, 0.15) is 0 Å². The lowest BCUT2D eigenvalue weighted by Gasteiger charge is -2.32. The Kier molecular flexibility index (Phi) is 9.52. The monoisotopic (exact) mass is 405 g/mol. The molecule has 1 unspecified atom stereocenters. The van der Waals surface area contributed by atoms with Gasteiger partial charge in [-0.15, -0.1) is 12.4 Å². The van der Waals surface area contributed by atoms with Crippen molar-refractivity contribution in [3.63, 3.8) is 0 Å². The van der Waals surface area contributed by atoms with Gasteiger partial charge in [-0.2, -0.15) is 0 Å². The Balaban J connectivity index is 0.00000338. The Bertz CT molecular complexity index is 665. The molecule has 0 bridgehead atoms. The fourth-order valence-corrected chi connectivity index (χ4v) is 4.04. The molecule has 1 heterocycles.